The van der Waals surface area contributed by atoms with Crippen molar-refractivity contribution in [2.75, 3.05) is 26.7 Å². The van der Waals surface area contributed by atoms with Crippen LogP contribution in [0.2, 0.25) is 0 Å². The summed E-state index contributed by atoms with van der Waals surface area (Å²) in [6.45, 7) is 2.99. The number of carbonyl (C=O) groups excluding carboxylic acids is 1. The number of methoxy groups -OCH3 is 1. The van der Waals surface area contributed by atoms with E-state index in [0.29, 0.717) is 11.7 Å². The third kappa shape index (κ3) is 12.7. The molecule has 232 valence electrons. The van der Waals surface area contributed by atoms with Gasteiger partial charge in [-0.3, -0.25) is 14.9 Å². The first kappa shape index (κ1) is 33.4. The van der Waals surface area contributed by atoms with Gasteiger partial charge in [0, 0.05) is 12.6 Å². The lowest BCUT2D eigenvalue weighted by atomic mass is 9.86. The summed E-state index contributed by atoms with van der Waals surface area (Å²) in [7, 11) is 1.47. The topological polar surface area (TPSA) is 84.7 Å². The van der Waals surface area contributed by atoms with Crippen molar-refractivity contribution in [2.45, 2.75) is 141 Å². The Bertz CT molecular complexity index is 889. The summed E-state index contributed by atoms with van der Waals surface area (Å²) < 4.78 is 5.16. The predicted octanol–water partition coefficient (Wildman–Crippen LogP) is 8.84. The van der Waals surface area contributed by atoms with Crippen molar-refractivity contribution >= 4 is 11.6 Å². The van der Waals surface area contributed by atoms with Gasteiger partial charge >= 0.3 is 0 Å². The molecule has 7 nitrogen and oxygen atoms in total. The van der Waals surface area contributed by atoms with E-state index < -0.39 is 4.92 Å². The Hall–Kier alpha value is -2.15. The van der Waals surface area contributed by atoms with E-state index in [0.717, 1.165) is 32.5 Å². The highest BCUT2D eigenvalue weighted by Gasteiger charge is 2.31. The summed E-state index contributed by atoms with van der Waals surface area (Å²) in [6.07, 6.45) is 27.8. The lowest BCUT2D eigenvalue weighted by molar-refractivity contribution is -0.385. The first-order valence-electron chi connectivity index (χ1n) is 16.9. The average Bonchev–Trinajstić information content (AvgIpc) is 2.97. The molecule has 1 aromatic rings. The Morgan fingerprint density at radius 2 is 1.29 bits per heavy atom. The quantitative estimate of drug-likeness (QED) is 0.288. The first-order valence-corrected chi connectivity index (χ1v) is 16.9. The van der Waals surface area contributed by atoms with Gasteiger partial charge in [0.2, 0.25) is 0 Å². The second-order valence-corrected chi connectivity index (χ2v) is 12.6. The number of nitrogens with zero attached hydrogens (tertiary/aromatic N) is 2. The summed E-state index contributed by atoms with van der Waals surface area (Å²) in [5.74, 6) is 0.454. The molecule has 3 aliphatic rings. The minimum Gasteiger partial charge on any atom is -0.497 e. The first-order chi connectivity index (χ1) is 20.1. The number of amides is 1. The van der Waals surface area contributed by atoms with Crippen molar-refractivity contribution in [3.8, 4) is 5.75 Å². The third-order valence-electron chi connectivity index (χ3n) is 9.35. The monoisotopic (exact) mass is 571 g/mol. The largest absolute Gasteiger partial charge is 0.497 e. The van der Waals surface area contributed by atoms with Crippen LogP contribution in [0.15, 0.2) is 18.2 Å². The molecule has 3 heterocycles. The molecule has 3 fully saturated rings. The fourth-order valence-electron chi connectivity index (χ4n) is 6.75. The van der Waals surface area contributed by atoms with Gasteiger partial charge in [-0.2, -0.15) is 0 Å². The maximum Gasteiger partial charge on any atom is 0.285 e. The number of nitrogens with one attached hydrogen (secondary N) is 1. The Balaban J connectivity index is 1.57. The maximum absolute atomic E-state index is 13.3. The van der Waals surface area contributed by atoms with Crippen molar-refractivity contribution in [3.63, 3.8) is 0 Å². The number of fused-ring (bicyclic) bond motifs is 22. The predicted molar refractivity (Wildman–Crippen MR) is 168 cm³/mol. The minimum absolute atomic E-state index is 0.0208. The van der Waals surface area contributed by atoms with Gasteiger partial charge < -0.3 is 15.0 Å². The molecule has 3 saturated heterocycles. The molecular weight excluding hydrogens is 514 g/mol. The molecule has 4 rings (SSSR count). The number of benzene rings is 1. The number of hydrogen-bond acceptors (Lipinski definition) is 5. The highest BCUT2D eigenvalue weighted by Crippen LogP contribution is 2.28. The van der Waals surface area contributed by atoms with Crippen molar-refractivity contribution in [2.24, 2.45) is 5.92 Å². The smallest absolute Gasteiger partial charge is 0.285 e. The van der Waals surface area contributed by atoms with Crippen LogP contribution in [0.25, 0.3) is 0 Å². The highest BCUT2D eigenvalue weighted by atomic mass is 16.6. The summed E-state index contributed by atoms with van der Waals surface area (Å²) in [4.78, 5) is 27.1. The van der Waals surface area contributed by atoms with Crippen molar-refractivity contribution < 1.29 is 14.5 Å². The molecule has 0 spiro atoms. The second-order valence-electron chi connectivity index (χ2n) is 12.6. The van der Waals surface area contributed by atoms with Crippen LogP contribution in [-0.2, 0) is 0 Å². The second kappa shape index (κ2) is 19.9. The fourth-order valence-corrected chi connectivity index (χ4v) is 6.75. The van der Waals surface area contributed by atoms with Crippen LogP contribution in [0.5, 0.6) is 5.75 Å². The Labute approximate surface area is 249 Å². The van der Waals surface area contributed by atoms with E-state index in [2.05, 4.69) is 10.2 Å². The Morgan fingerprint density at radius 3 is 1.80 bits per heavy atom. The highest BCUT2D eigenvalue weighted by molar-refractivity contribution is 5.98. The molecule has 41 heavy (non-hydrogen) atoms. The van der Waals surface area contributed by atoms with Crippen LogP contribution >= 0.6 is 0 Å². The van der Waals surface area contributed by atoms with Crippen LogP contribution in [0.3, 0.4) is 0 Å². The zero-order valence-electron chi connectivity index (χ0n) is 25.9. The molecule has 1 amide bonds. The standard InChI is InChI=1S/C34H57N3O4/c1-41-30-22-23-31(33(27-30)37(39)40)34(38)35-32-28-36-25-20-18-16-14-12-10-8-6-4-2-3-5-7-9-11-13-15-17-19-21-29(32)24-26-36/h22-23,27,29,32H,2-21,24-26,28H2,1H3,(H,35,38). The van der Waals surface area contributed by atoms with Crippen molar-refractivity contribution in [1.82, 2.24) is 10.2 Å². The summed E-state index contributed by atoms with van der Waals surface area (Å²) in [5.41, 5.74) is -0.0882. The summed E-state index contributed by atoms with van der Waals surface area (Å²) in [6, 6.07) is 4.51. The van der Waals surface area contributed by atoms with Crippen molar-refractivity contribution in [1.29, 1.82) is 0 Å². The number of piperidine rings is 1. The number of hydrogen-bond donors (Lipinski definition) is 1. The molecule has 0 radical (unpaired) electrons. The maximum atomic E-state index is 13.3. The van der Waals surface area contributed by atoms with Gasteiger partial charge in [-0.15, -0.1) is 0 Å². The third-order valence-corrected chi connectivity index (χ3v) is 9.35. The summed E-state index contributed by atoms with van der Waals surface area (Å²) >= 11 is 0. The van der Waals surface area contributed by atoms with Gasteiger partial charge in [0.05, 0.1) is 18.1 Å². The van der Waals surface area contributed by atoms with Crippen LogP contribution in [-0.4, -0.2) is 48.5 Å². The van der Waals surface area contributed by atoms with E-state index in [1.54, 1.807) is 6.07 Å². The van der Waals surface area contributed by atoms with Gasteiger partial charge in [-0.05, 0) is 50.4 Å². The Kier molecular flexibility index (Phi) is 16.2. The zero-order chi connectivity index (χ0) is 29.1. The molecule has 1 aromatic carbocycles. The number of nitro benzene ring substituents is 1. The zero-order valence-corrected chi connectivity index (χ0v) is 25.9. The van der Waals surface area contributed by atoms with E-state index in [9.17, 15) is 14.9 Å². The normalized spacial score (nSPS) is 25.3. The fraction of sp³-hybridized carbons (Fsp3) is 0.794. The number of nitro groups is 1. The van der Waals surface area contributed by atoms with Gasteiger partial charge in [0.1, 0.15) is 11.3 Å². The lowest BCUT2D eigenvalue weighted by Gasteiger charge is -2.39. The Morgan fingerprint density at radius 1 is 0.780 bits per heavy atom. The van der Waals surface area contributed by atoms with E-state index in [1.165, 1.54) is 141 Å². The van der Waals surface area contributed by atoms with E-state index >= 15 is 0 Å². The SMILES string of the molecule is COc1ccc(C(=O)NC2CN3CCCCCCCCCCCCCCCCCCCCCC2CC3)c([N+](=O)[O-])c1. The number of carbonyl (C=O) groups is 1. The van der Waals surface area contributed by atoms with Crippen molar-refractivity contribution in [3.05, 3.63) is 33.9 Å². The van der Waals surface area contributed by atoms with Gasteiger partial charge in [-0.1, -0.05) is 116 Å². The van der Waals surface area contributed by atoms with E-state index in [-0.39, 0.29) is 23.2 Å². The van der Waals surface area contributed by atoms with Gasteiger partial charge in [0.15, 0.2) is 0 Å². The van der Waals surface area contributed by atoms with Gasteiger partial charge in [0.25, 0.3) is 11.6 Å². The molecule has 3 unspecified atom stereocenters. The molecule has 0 aliphatic carbocycles. The number of rotatable bonds is 4. The average molecular weight is 572 g/mol. The molecule has 0 saturated carbocycles. The molecule has 0 aromatic heterocycles. The minimum atomic E-state index is -0.490. The molecule has 7 heteroatoms. The van der Waals surface area contributed by atoms with Crippen LogP contribution < -0.4 is 10.1 Å². The number of ether oxygens (including phenoxy) is 1. The van der Waals surface area contributed by atoms with Gasteiger partial charge in [-0.25, -0.2) is 0 Å². The molecule has 3 atom stereocenters. The lowest BCUT2D eigenvalue weighted by Crippen LogP contribution is -2.52. The van der Waals surface area contributed by atoms with E-state index in [4.69, 9.17) is 4.74 Å². The van der Waals surface area contributed by atoms with Crippen LogP contribution in [0, 0.1) is 16.0 Å². The molecular formula is C34H57N3O4. The molecule has 1 N–H and O–H groups in total. The van der Waals surface area contributed by atoms with E-state index in [1.807, 2.05) is 0 Å². The molecule has 3 aliphatic heterocycles. The molecule has 2 bridgehead atoms. The van der Waals surface area contributed by atoms with Crippen LogP contribution in [0.4, 0.5) is 5.69 Å². The van der Waals surface area contributed by atoms with Crippen LogP contribution in [0.1, 0.15) is 145 Å². The summed E-state index contributed by atoms with van der Waals surface area (Å²) in [5, 5.41) is 15.0.